The van der Waals surface area contributed by atoms with Crippen molar-refractivity contribution in [1.82, 2.24) is 0 Å². The molecule has 3 nitrogen and oxygen atoms in total. The molecule has 0 heterocycles. The highest BCUT2D eigenvalue weighted by Crippen LogP contribution is 2.43. The quantitative estimate of drug-likeness (QED) is 0.826. The molecule has 0 atom stereocenters. The molecule has 2 N–H and O–H groups in total. The smallest absolute Gasteiger partial charge is 0.175 e. The third-order valence-electron chi connectivity index (χ3n) is 2.94. The van der Waals surface area contributed by atoms with E-state index >= 15 is 0 Å². The van der Waals surface area contributed by atoms with E-state index in [0.29, 0.717) is 4.90 Å². The van der Waals surface area contributed by atoms with Gasteiger partial charge in [0.2, 0.25) is 0 Å². The van der Waals surface area contributed by atoms with Crippen LogP contribution in [0.3, 0.4) is 0 Å². The molecule has 1 aromatic carbocycles. The Labute approximate surface area is 90.2 Å². The van der Waals surface area contributed by atoms with E-state index < -0.39 is 9.84 Å². The first-order valence-electron chi connectivity index (χ1n) is 4.93. The van der Waals surface area contributed by atoms with Crippen LogP contribution in [0.25, 0.3) is 0 Å². The Kier molecular flexibility index (Phi) is 2.17. The molecule has 1 aromatic rings. The molecule has 4 heteroatoms. The zero-order chi connectivity index (χ0) is 11.3. The predicted octanol–water partition coefficient (Wildman–Crippen LogP) is 1.35. The van der Waals surface area contributed by atoms with Gasteiger partial charge in [0.05, 0.1) is 4.90 Å². The molecule has 82 valence electrons. The van der Waals surface area contributed by atoms with Crippen LogP contribution in [0.2, 0.25) is 0 Å². The molecule has 1 aliphatic carbocycles. The lowest BCUT2D eigenvalue weighted by atomic mass is 10.0. The molecule has 0 bridgehead atoms. The second-order valence-corrected chi connectivity index (χ2v) is 6.39. The monoisotopic (exact) mass is 225 g/mol. The minimum atomic E-state index is -3.12. The summed E-state index contributed by atoms with van der Waals surface area (Å²) in [4.78, 5) is 0.399. The first-order chi connectivity index (χ1) is 6.83. The Morgan fingerprint density at radius 1 is 1.33 bits per heavy atom. The summed E-state index contributed by atoms with van der Waals surface area (Å²) in [6.45, 7) is 1.81. The van der Waals surface area contributed by atoms with Crippen LogP contribution in [-0.2, 0) is 15.4 Å². The van der Waals surface area contributed by atoms with Crippen molar-refractivity contribution in [2.45, 2.75) is 30.2 Å². The van der Waals surface area contributed by atoms with Crippen LogP contribution in [0.5, 0.6) is 0 Å². The molecule has 0 unspecified atom stereocenters. The van der Waals surface area contributed by atoms with Crippen molar-refractivity contribution in [3.8, 4) is 0 Å². The summed E-state index contributed by atoms with van der Waals surface area (Å²) >= 11 is 0. The van der Waals surface area contributed by atoms with Crippen LogP contribution in [0.15, 0.2) is 23.1 Å². The average molecular weight is 225 g/mol. The highest BCUT2D eigenvalue weighted by Gasteiger charge is 2.40. The molecule has 2 rings (SSSR count). The Balaban J connectivity index is 2.49. The van der Waals surface area contributed by atoms with Crippen molar-refractivity contribution >= 4 is 9.84 Å². The highest BCUT2D eigenvalue weighted by molar-refractivity contribution is 7.90. The van der Waals surface area contributed by atoms with Crippen LogP contribution in [-0.4, -0.2) is 14.7 Å². The van der Waals surface area contributed by atoms with Gasteiger partial charge in [-0.15, -0.1) is 0 Å². The van der Waals surface area contributed by atoms with Gasteiger partial charge in [0.1, 0.15) is 0 Å². The van der Waals surface area contributed by atoms with E-state index in [2.05, 4.69) is 0 Å². The van der Waals surface area contributed by atoms with Crippen molar-refractivity contribution in [3.63, 3.8) is 0 Å². The maximum atomic E-state index is 11.4. The highest BCUT2D eigenvalue weighted by atomic mass is 32.2. The van der Waals surface area contributed by atoms with E-state index in [1.807, 2.05) is 19.1 Å². The number of aryl methyl sites for hydroxylation is 1. The SMILES string of the molecule is Cc1cc(C2(N)CC2)ccc1S(C)(=O)=O. The predicted molar refractivity (Wildman–Crippen MR) is 59.4 cm³/mol. The second kappa shape index (κ2) is 3.06. The molecule has 0 aliphatic heterocycles. The summed E-state index contributed by atoms with van der Waals surface area (Å²) in [5, 5.41) is 0. The lowest BCUT2D eigenvalue weighted by Gasteiger charge is -2.11. The lowest BCUT2D eigenvalue weighted by molar-refractivity contribution is 0.601. The molecule has 1 saturated carbocycles. The number of hydrogen-bond acceptors (Lipinski definition) is 3. The van der Waals surface area contributed by atoms with Gasteiger partial charge in [-0.1, -0.05) is 12.1 Å². The van der Waals surface area contributed by atoms with Crippen LogP contribution in [0.1, 0.15) is 24.0 Å². The number of rotatable bonds is 2. The second-order valence-electron chi connectivity index (χ2n) is 4.41. The minimum absolute atomic E-state index is 0.194. The average Bonchev–Trinajstić information content (AvgIpc) is 2.82. The third kappa shape index (κ3) is 1.92. The molecule has 1 fully saturated rings. The number of sulfone groups is 1. The van der Waals surface area contributed by atoms with E-state index in [0.717, 1.165) is 24.0 Å². The summed E-state index contributed by atoms with van der Waals surface area (Å²) in [5.74, 6) is 0. The van der Waals surface area contributed by atoms with Crippen molar-refractivity contribution in [2.24, 2.45) is 5.73 Å². The van der Waals surface area contributed by atoms with Gasteiger partial charge in [-0.25, -0.2) is 8.42 Å². The van der Waals surface area contributed by atoms with Gasteiger partial charge in [0, 0.05) is 11.8 Å². The first kappa shape index (κ1) is 10.6. The number of benzene rings is 1. The summed E-state index contributed by atoms with van der Waals surface area (Å²) in [7, 11) is -3.12. The van der Waals surface area contributed by atoms with Gasteiger partial charge in [0.15, 0.2) is 9.84 Å². The summed E-state index contributed by atoms with van der Waals surface area (Å²) in [6, 6.07) is 5.38. The fourth-order valence-corrected chi connectivity index (χ4v) is 2.76. The largest absolute Gasteiger partial charge is 0.321 e. The molecular formula is C11H15NO2S. The molecule has 0 aromatic heterocycles. The maximum Gasteiger partial charge on any atom is 0.175 e. The van der Waals surface area contributed by atoms with Crippen molar-refractivity contribution in [1.29, 1.82) is 0 Å². The van der Waals surface area contributed by atoms with E-state index in [1.54, 1.807) is 6.07 Å². The van der Waals surface area contributed by atoms with E-state index in [-0.39, 0.29) is 5.54 Å². The van der Waals surface area contributed by atoms with Crippen LogP contribution in [0, 0.1) is 6.92 Å². The Morgan fingerprint density at radius 3 is 2.33 bits per heavy atom. The van der Waals surface area contributed by atoms with Gasteiger partial charge in [-0.3, -0.25) is 0 Å². The zero-order valence-corrected chi connectivity index (χ0v) is 9.76. The Bertz CT molecular complexity index is 501. The van der Waals surface area contributed by atoms with E-state index in [9.17, 15) is 8.42 Å². The zero-order valence-electron chi connectivity index (χ0n) is 8.95. The number of hydrogen-bond donors (Lipinski definition) is 1. The Hall–Kier alpha value is -0.870. The topological polar surface area (TPSA) is 60.2 Å². The van der Waals surface area contributed by atoms with Crippen molar-refractivity contribution in [2.75, 3.05) is 6.26 Å². The fourth-order valence-electron chi connectivity index (χ4n) is 1.80. The van der Waals surface area contributed by atoms with E-state index in [1.165, 1.54) is 6.26 Å². The van der Waals surface area contributed by atoms with Crippen molar-refractivity contribution < 1.29 is 8.42 Å². The molecule has 0 amide bonds. The van der Waals surface area contributed by atoms with Gasteiger partial charge in [0.25, 0.3) is 0 Å². The molecule has 0 spiro atoms. The molecule has 0 radical (unpaired) electrons. The van der Waals surface area contributed by atoms with Crippen LogP contribution < -0.4 is 5.73 Å². The van der Waals surface area contributed by atoms with E-state index in [4.69, 9.17) is 5.73 Å². The van der Waals surface area contributed by atoms with Gasteiger partial charge >= 0.3 is 0 Å². The number of nitrogens with two attached hydrogens (primary N) is 1. The third-order valence-corrected chi connectivity index (χ3v) is 4.19. The van der Waals surface area contributed by atoms with Crippen LogP contribution in [0.4, 0.5) is 0 Å². The first-order valence-corrected chi connectivity index (χ1v) is 6.82. The minimum Gasteiger partial charge on any atom is -0.321 e. The van der Waals surface area contributed by atoms with Gasteiger partial charge in [-0.2, -0.15) is 0 Å². The molecule has 1 aliphatic rings. The fraction of sp³-hybridized carbons (Fsp3) is 0.455. The van der Waals surface area contributed by atoms with Gasteiger partial charge in [-0.05, 0) is 37.0 Å². The van der Waals surface area contributed by atoms with Crippen LogP contribution >= 0.6 is 0 Å². The Morgan fingerprint density at radius 2 is 1.93 bits per heavy atom. The summed E-state index contributed by atoms with van der Waals surface area (Å²) < 4.78 is 22.8. The molecule has 15 heavy (non-hydrogen) atoms. The van der Waals surface area contributed by atoms with Gasteiger partial charge < -0.3 is 5.73 Å². The summed E-state index contributed by atoms with van der Waals surface area (Å²) in [6.07, 6.45) is 3.21. The summed E-state index contributed by atoms with van der Waals surface area (Å²) in [5.41, 5.74) is 7.69. The molecule has 0 saturated heterocycles. The van der Waals surface area contributed by atoms with Crippen molar-refractivity contribution in [3.05, 3.63) is 29.3 Å². The standard InChI is InChI=1S/C11H15NO2S/c1-8-7-9(11(12)5-6-11)3-4-10(8)15(2,13)14/h3-4,7H,5-6,12H2,1-2H3. The maximum absolute atomic E-state index is 11.4. The normalized spacial score (nSPS) is 18.9. The molecular weight excluding hydrogens is 210 g/mol. The lowest BCUT2D eigenvalue weighted by Crippen LogP contribution is -2.19.